The molecule has 0 atom stereocenters. The van der Waals surface area contributed by atoms with Crippen LogP contribution in [-0.4, -0.2) is 12.2 Å². The van der Waals surface area contributed by atoms with Crippen LogP contribution in [0, 0.1) is 0 Å². The molecule has 0 saturated carbocycles. The number of hydrogen-bond donors (Lipinski definition) is 0. The summed E-state index contributed by atoms with van der Waals surface area (Å²) in [5.74, 6) is 0. The van der Waals surface area contributed by atoms with E-state index >= 15 is 0 Å². The molecule has 1 saturated heterocycles. The van der Waals surface area contributed by atoms with E-state index in [4.69, 9.17) is 4.74 Å². The van der Waals surface area contributed by atoms with Crippen LogP contribution in [0.1, 0.15) is 26.7 Å². The molecule has 2 heteroatoms. The second-order valence-electron chi connectivity index (χ2n) is 2.71. The molecule has 0 bridgehead atoms. The maximum atomic E-state index is 5.34. The molecular formula is C6H12OW. The van der Waals surface area contributed by atoms with Crippen LogP contribution < -0.4 is 0 Å². The van der Waals surface area contributed by atoms with Gasteiger partial charge in [0.1, 0.15) is 0 Å². The molecular weight excluding hydrogens is 272 g/mol. The van der Waals surface area contributed by atoms with Gasteiger partial charge in [-0.3, -0.25) is 0 Å². The van der Waals surface area contributed by atoms with Crippen molar-refractivity contribution in [1.82, 2.24) is 0 Å². The molecule has 0 aromatic carbocycles. The fourth-order valence-corrected chi connectivity index (χ4v) is 0.919. The molecule has 1 nitrogen and oxygen atoms in total. The van der Waals surface area contributed by atoms with Gasteiger partial charge in [0.15, 0.2) is 0 Å². The Balaban J connectivity index is 0.000000490. The molecule has 48 valence electrons. The van der Waals surface area contributed by atoms with Crippen LogP contribution in [0.2, 0.25) is 0 Å². The Labute approximate surface area is 65.1 Å². The normalized spacial score (nSPS) is 24.8. The van der Waals surface area contributed by atoms with Gasteiger partial charge in [-0.2, -0.15) is 0 Å². The molecule has 0 unspecified atom stereocenters. The summed E-state index contributed by atoms with van der Waals surface area (Å²) in [6.45, 7) is 5.24. The Morgan fingerprint density at radius 3 is 2.12 bits per heavy atom. The molecule has 1 fully saturated rings. The van der Waals surface area contributed by atoms with Crippen molar-refractivity contribution in [3.05, 3.63) is 0 Å². The zero-order valence-electron chi connectivity index (χ0n) is 5.44. The van der Waals surface area contributed by atoms with Gasteiger partial charge in [-0.15, -0.1) is 0 Å². The fraction of sp³-hybridized carbons (Fsp3) is 1.00. The van der Waals surface area contributed by atoms with E-state index in [9.17, 15) is 0 Å². The quantitative estimate of drug-likeness (QED) is 0.656. The Kier molecular flexibility index (Phi) is 3.22. The van der Waals surface area contributed by atoms with Gasteiger partial charge < -0.3 is 4.74 Å². The largest absolute Gasteiger partial charge is 0.376 e. The summed E-state index contributed by atoms with van der Waals surface area (Å²) in [6.07, 6.45) is 2.47. The van der Waals surface area contributed by atoms with Crippen LogP contribution in [0.5, 0.6) is 0 Å². The van der Waals surface area contributed by atoms with Crippen molar-refractivity contribution in [3.8, 4) is 0 Å². The zero-order valence-corrected chi connectivity index (χ0v) is 8.37. The summed E-state index contributed by atoms with van der Waals surface area (Å²) in [7, 11) is 0. The van der Waals surface area contributed by atoms with E-state index in [-0.39, 0.29) is 26.7 Å². The average Bonchev–Trinajstić information content (AvgIpc) is 1.84. The average molecular weight is 284 g/mol. The number of rotatable bonds is 0. The van der Waals surface area contributed by atoms with E-state index in [2.05, 4.69) is 13.8 Å². The molecule has 0 amide bonds. The molecule has 8 heavy (non-hydrogen) atoms. The van der Waals surface area contributed by atoms with Gasteiger partial charge in [-0.05, 0) is 26.7 Å². The maximum absolute atomic E-state index is 5.34. The number of ether oxygens (including phenoxy) is 1. The molecule has 1 rings (SSSR count). The summed E-state index contributed by atoms with van der Waals surface area (Å²) in [5, 5.41) is 0. The van der Waals surface area contributed by atoms with Gasteiger partial charge in [-0.25, -0.2) is 0 Å². The van der Waals surface area contributed by atoms with Crippen molar-refractivity contribution in [2.75, 3.05) is 6.61 Å². The molecule has 0 N–H and O–H groups in total. The van der Waals surface area contributed by atoms with E-state index in [1.807, 2.05) is 0 Å². The molecule has 1 heterocycles. The SMILES string of the molecule is CC1(C)CCCO1.[W]. The summed E-state index contributed by atoms with van der Waals surface area (Å²) in [4.78, 5) is 0. The maximum Gasteiger partial charge on any atom is 0.0627 e. The van der Waals surface area contributed by atoms with Crippen LogP contribution >= 0.6 is 0 Å². The van der Waals surface area contributed by atoms with Crippen LogP contribution in [-0.2, 0) is 25.8 Å². The zero-order chi connectivity index (χ0) is 5.33. The Hall–Kier alpha value is 0.648. The van der Waals surface area contributed by atoms with E-state index < -0.39 is 0 Å². The second kappa shape index (κ2) is 2.98. The molecule has 1 aliphatic rings. The third-order valence-corrected chi connectivity index (χ3v) is 1.42. The fourth-order valence-electron chi connectivity index (χ4n) is 0.919. The summed E-state index contributed by atoms with van der Waals surface area (Å²) in [6, 6.07) is 0. The van der Waals surface area contributed by atoms with Gasteiger partial charge in [0.25, 0.3) is 0 Å². The monoisotopic (exact) mass is 284 g/mol. The minimum absolute atomic E-state index is 0. The van der Waals surface area contributed by atoms with E-state index in [0.29, 0.717) is 0 Å². The third kappa shape index (κ3) is 2.28. The van der Waals surface area contributed by atoms with E-state index in [1.165, 1.54) is 12.8 Å². The van der Waals surface area contributed by atoms with E-state index in [0.717, 1.165) is 6.61 Å². The van der Waals surface area contributed by atoms with Gasteiger partial charge in [0, 0.05) is 27.7 Å². The predicted molar refractivity (Wildman–Crippen MR) is 29.3 cm³/mol. The van der Waals surface area contributed by atoms with Crippen molar-refractivity contribution in [1.29, 1.82) is 0 Å². The van der Waals surface area contributed by atoms with Crippen molar-refractivity contribution in [3.63, 3.8) is 0 Å². The Morgan fingerprint density at radius 1 is 1.38 bits per heavy atom. The van der Waals surface area contributed by atoms with Crippen LogP contribution in [0.3, 0.4) is 0 Å². The Bertz CT molecular complexity index is 62.9. The molecule has 0 aromatic rings. The molecule has 1 aliphatic heterocycles. The smallest absolute Gasteiger partial charge is 0.0627 e. The van der Waals surface area contributed by atoms with E-state index in [1.54, 1.807) is 0 Å². The minimum Gasteiger partial charge on any atom is -0.376 e. The summed E-state index contributed by atoms with van der Waals surface area (Å²) >= 11 is 0. The first kappa shape index (κ1) is 8.65. The number of hydrogen-bond acceptors (Lipinski definition) is 1. The van der Waals surface area contributed by atoms with Crippen molar-refractivity contribution < 1.29 is 25.8 Å². The first-order chi connectivity index (χ1) is 3.21. The molecule has 0 radical (unpaired) electrons. The summed E-state index contributed by atoms with van der Waals surface area (Å²) in [5.41, 5.74) is 0.194. The summed E-state index contributed by atoms with van der Waals surface area (Å²) < 4.78 is 5.34. The van der Waals surface area contributed by atoms with Gasteiger partial charge in [0.05, 0.1) is 5.60 Å². The first-order valence-electron chi connectivity index (χ1n) is 2.85. The first-order valence-corrected chi connectivity index (χ1v) is 2.85. The van der Waals surface area contributed by atoms with Crippen molar-refractivity contribution >= 4 is 0 Å². The molecule has 0 spiro atoms. The van der Waals surface area contributed by atoms with Crippen molar-refractivity contribution in [2.24, 2.45) is 0 Å². The van der Waals surface area contributed by atoms with Gasteiger partial charge in [-0.1, -0.05) is 0 Å². The molecule has 0 aliphatic carbocycles. The second-order valence-corrected chi connectivity index (χ2v) is 2.71. The molecule has 0 aromatic heterocycles. The Morgan fingerprint density at radius 2 is 2.00 bits per heavy atom. The standard InChI is InChI=1S/C6H12O.W/c1-6(2)4-3-5-7-6;/h3-5H2,1-2H3;. The van der Waals surface area contributed by atoms with Gasteiger partial charge >= 0.3 is 0 Å². The van der Waals surface area contributed by atoms with Crippen LogP contribution in [0.25, 0.3) is 0 Å². The van der Waals surface area contributed by atoms with Gasteiger partial charge in [0.2, 0.25) is 0 Å². The topological polar surface area (TPSA) is 9.23 Å². The predicted octanol–water partition coefficient (Wildman–Crippen LogP) is 1.57. The van der Waals surface area contributed by atoms with Crippen LogP contribution in [0.15, 0.2) is 0 Å². The third-order valence-electron chi connectivity index (χ3n) is 1.42. The van der Waals surface area contributed by atoms with Crippen molar-refractivity contribution in [2.45, 2.75) is 32.3 Å². The van der Waals surface area contributed by atoms with Crippen LogP contribution in [0.4, 0.5) is 0 Å². The minimum atomic E-state index is 0.